The molecule has 102 valence electrons. The number of rotatable bonds is 6. The summed E-state index contributed by atoms with van der Waals surface area (Å²) >= 11 is 0. The Hall–Kier alpha value is -1.40. The van der Waals surface area contributed by atoms with E-state index in [-0.39, 0.29) is 18.5 Å². The van der Waals surface area contributed by atoms with Crippen molar-refractivity contribution in [1.29, 1.82) is 0 Å². The minimum Gasteiger partial charge on any atom is -0.390 e. The maximum atomic E-state index is 11.9. The summed E-state index contributed by atoms with van der Waals surface area (Å²) in [5.41, 5.74) is 0.937. The minimum absolute atomic E-state index is 0.139. The van der Waals surface area contributed by atoms with Gasteiger partial charge in [-0.25, -0.2) is 0 Å². The Morgan fingerprint density at radius 2 is 2.28 bits per heavy atom. The lowest BCUT2D eigenvalue weighted by Gasteiger charge is -2.18. The van der Waals surface area contributed by atoms with Gasteiger partial charge < -0.3 is 15.3 Å². The number of nitrogens with zero attached hydrogens (tertiary/aromatic N) is 3. The SMILES string of the molecule is Cc1ccnn1C(C)C(=O)NCC(O)CN(C)C. The van der Waals surface area contributed by atoms with Crippen LogP contribution in [0.25, 0.3) is 0 Å². The first-order valence-corrected chi connectivity index (χ1v) is 6.02. The van der Waals surface area contributed by atoms with Crippen LogP contribution in [0.5, 0.6) is 0 Å². The Kier molecular flexibility index (Phi) is 5.30. The van der Waals surface area contributed by atoms with E-state index < -0.39 is 6.10 Å². The largest absolute Gasteiger partial charge is 0.390 e. The first kappa shape index (κ1) is 14.7. The van der Waals surface area contributed by atoms with Crippen LogP contribution in [-0.4, -0.2) is 59.0 Å². The van der Waals surface area contributed by atoms with Crippen LogP contribution in [0.2, 0.25) is 0 Å². The Labute approximate surface area is 108 Å². The van der Waals surface area contributed by atoms with Gasteiger partial charge in [-0.1, -0.05) is 0 Å². The van der Waals surface area contributed by atoms with Gasteiger partial charge in [0, 0.05) is 25.0 Å². The summed E-state index contributed by atoms with van der Waals surface area (Å²) in [6, 6.07) is 1.48. The van der Waals surface area contributed by atoms with Crippen molar-refractivity contribution in [1.82, 2.24) is 20.0 Å². The molecule has 0 aliphatic rings. The minimum atomic E-state index is -0.560. The van der Waals surface area contributed by atoms with E-state index in [0.29, 0.717) is 6.54 Å². The van der Waals surface area contributed by atoms with Crippen LogP contribution in [-0.2, 0) is 4.79 Å². The highest BCUT2D eigenvalue weighted by Crippen LogP contribution is 2.07. The van der Waals surface area contributed by atoms with E-state index in [1.807, 2.05) is 32.0 Å². The maximum Gasteiger partial charge on any atom is 0.244 e. The molecular formula is C12H22N4O2. The maximum absolute atomic E-state index is 11.9. The second-order valence-corrected chi connectivity index (χ2v) is 4.75. The fourth-order valence-corrected chi connectivity index (χ4v) is 1.75. The van der Waals surface area contributed by atoms with Gasteiger partial charge in [-0.05, 0) is 34.0 Å². The summed E-state index contributed by atoms with van der Waals surface area (Å²) in [4.78, 5) is 13.8. The molecule has 2 atom stereocenters. The van der Waals surface area contributed by atoms with Crippen LogP contribution < -0.4 is 5.32 Å². The van der Waals surface area contributed by atoms with E-state index >= 15 is 0 Å². The second kappa shape index (κ2) is 6.51. The molecule has 0 aromatic carbocycles. The molecule has 6 heteroatoms. The van der Waals surface area contributed by atoms with Gasteiger partial charge in [-0.3, -0.25) is 9.48 Å². The van der Waals surface area contributed by atoms with E-state index in [1.165, 1.54) is 0 Å². The monoisotopic (exact) mass is 254 g/mol. The lowest BCUT2D eigenvalue weighted by Crippen LogP contribution is -2.40. The number of hydrogen-bond donors (Lipinski definition) is 2. The van der Waals surface area contributed by atoms with Gasteiger partial charge in [-0.2, -0.15) is 5.10 Å². The van der Waals surface area contributed by atoms with Crippen molar-refractivity contribution >= 4 is 5.91 Å². The number of carbonyl (C=O) groups is 1. The smallest absolute Gasteiger partial charge is 0.244 e. The van der Waals surface area contributed by atoms with Gasteiger partial charge in [0.2, 0.25) is 5.91 Å². The van der Waals surface area contributed by atoms with Crippen molar-refractivity contribution in [2.45, 2.75) is 26.0 Å². The number of aliphatic hydroxyl groups is 1. The third kappa shape index (κ3) is 4.12. The topological polar surface area (TPSA) is 70.4 Å². The van der Waals surface area contributed by atoms with Crippen molar-refractivity contribution in [3.63, 3.8) is 0 Å². The number of aryl methyl sites for hydroxylation is 1. The van der Waals surface area contributed by atoms with Crippen molar-refractivity contribution < 1.29 is 9.90 Å². The third-order valence-electron chi connectivity index (χ3n) is 2.70. The predicted molar refractivity (Wildman–Crippen MR) is 69.2 cm³/mol. The second-order valence-electron chi connectivity index (χ2n) is 4.75. The van der Waals surface area contributed by atoms with Crippen LogP contribution in [0.4, 0.5) is 0 Å². The fourth-order valence-electron chi connectivity index (χ4n) is 1.75. The van der Waals surface area contributed by atoms with Crippen LogP contribution in [0.15, 0.2) is 12.3 Å². The highest BCUT2D eigenvalue weighted by Gasteiger charge is 2.17. The molecule has 1 aromatic rings. The normalized spacial score (nSPS) is 14.6. The molecule has 1 amide bonds. The molecule has 6 nitrogen and oxygen atoms in total. The van der Waals surface area contributed by atoms with Crippen molar-refractivity contribution in [2.24, 2.45) is 0 Å². The molecule has 0 bridgehead atoms. The number of nitrogens with one attached hydrogen (secondary N) is 1. The lowest BCUT2D eigenvalue weighted by atomic mass is 10.2. The number of amides is 1. The average Bonchev–Trinajstić information content (AvgIpc) is 2.70. The van der Waals surface area contributed by atoms with Crippen molar-refractivity contribution in [2.75, 3.05) is 27.2 Å². The van der Waals surface area contributed by atoms with E-state index in [0.717, 1.165) is 5.69 Å². The zero-order chi connectivity index (χ0) is 13.7. The molecule has 0 fully saturated rings. The first-order chi connectivity index (χ1) is 8.41. The number of aliphatic hydroxyl groups excluding tert-OH is 1. The van der Waals surface area contributed by atoms with Gasteiger partial charge >= 0.3 is 0 Å². The fraction of sp³-hybridized carbons (Fsp3) is 0.667. The summed E-state index contributed by atoms with van der Waals surface area (Å²) in [6.07, 6.45) is 1.11. The average molecular weight is 254 g/mol. The molecule has 0 radical (unpaired) electrons. The van der Waals surface area contributed by atoms with Crippen LogP contribution >= 0.6 is 0 Å². The van der Waals surface area contributed by atoms with Crippen molar-refractivity contribution in [3.05, 3.63) is 18.0 Å². The van der Waals surface area contributed by atoms with E-state index in [2.05, 4.69) is 10.4 Å². The zero-order valence-corrected chi connectivity index (χ0v) is 11.4. The summed E-state index contributed by atoms with van der Waals surface area (Å²) in [7, 11) is 3.75. The molecule has 0 aliphatic heterocycles. The molecule has 0 spiro atoms. The zero-order valence-electron chi connectivity index (χ0n) is 11.4. The van der Waals surface area contributed by atoms with Gasteiger partial charge in [0.25, 0.3) is 0 Å². The number of carbonyl (C=O) groups excluding carboxylic acids is 1. The molecular weight excluding hydrogens is 232 g/mol. The van der Waals surface area contributed by atoms with Crippen LogP contribution in [0.3, 0.4) is 0 Å². The summed E-state index contributed by atoms with van der Waals surface area (Å²) in [5.74, 6) is -0.139. The van der Waals surface area contributed by atoms with Gasteiger partial charge in [0.05, 0.1) is 6.10 Å². The summed E-state index contributed by atoms with van der Waals surface area (Å²) < 4.78 is 1.66. The van der Waals surface area contributed by atoms with Crippen LogP contribution in [0, 0.1) is 6.92 Å². The standard InChI is InChI=1S/C12H22N4O2/c1-9-5-6-14-16(9)10(2)12(18)13-7-11(17)8-15(3)4/h5-6,10-11,17H,7-8H2,1-4H3,(H,13,18). The Morgan fingerprint density at radius 1 is 1.61 bits per heavy atom. The van der Waals surface area contributed by atoms with E-state index in [4.69, 9.17) is 0 Å². The Morgan fingerprint density at radius 3 is 2.78 bits per heavy atom. The molecule has 0 saturated carbocycles. The number of likely N-dealkylation sites (N-methyl/N-ethyl adjacent to an activating group) is 1. The van der Waals surface area contributed by atoms with Crippen molar-refractivity contribution in [3.8, 4) is 0 Å². The van der Waals surface area contributed by atoms with E-state index in [9.17, 15) is 9.90 Å². The molecule has 18 heavy (non-hydrogen) atoms. The van der Waals surface area contributed by atoms with E-state index in [1.54, 1.807) is 17.8 Å². The predicted octanol–water partition coefficient (Wildman–Crippen LogP) is -0.209. The molecule has 2 unspecified atom stereocenters. The van der Waals surface area contributed by atoms with Gasteiger partial charge in [-0.15, -0.1) is 0 Å². The number of hydrogen-bond acceptors (Lipinski definition) is 4. The summed E-state index contributed by atoms with van der Waals surface area (Å²) in [5, 5.41) is 16.5. The van der Waals surface area contributed by atoms with Gasteiger partial charge in [0.15, 0.2) is 0 Å². The molecule has 1 heterocycles. The quantitative estimate of drug-likeness (QED) is 0.737. The summed E-state index contributed by atoms with van der Waals surface area (Å²) in [6.45, 7) is 4.46. The highest BCUT2D eigenvalue weighted by atomic mass is 16.3. The van der Waals surface area contributed by atoms with Gasteiger partial charge in [0.1, 0.15) is 6.04 Å². The first-order valence-electron chi connectivity index (χ1n) is 6.02. The molecule has 0 saturated heterocycles. The van der Waals surface area contributed by atoms with Crippen LogP contribution in [0.1, 0.15) is 18.7 Å². The molecule has 0 aliphatic carbocycles. The highest BCUT2D eigenvalue weighted by molar-refractivity contribution is 5.79. The number of aromatic nitrogens is 2. The third-order valence-corrected chi connectivity index (χ3v) is 2.70. The molecule has 1 aromatic heterocycles. The molecule has 1 rings (SSSR count). The Balaban J connectivity index is 2.44. The Bertz CT molecular complexity index is 389. The molecule has 2 N–H and O–H groups in total. The lowest BCUT2D eigenvalue weighted by molar-refractivity contribution is -0.124.